The van der Waals surface area contributed by atoms with Crippen LogP contribution in [-0.4, -0.2) is 20.7 Å². The zero-order valence-corrected chi connectivity index (χ0v) is 14.9. The number of nitrogens with one attached hydrogen (secondary N) is 2. The highest BCUT2D eigenvalue weighted by atomic mass is 32.1. The Labute approximate surface area is 149 Å². The van der Waals surface area contributed by atoms with Crippen LogP contribution in [0.4, 0.5) is 28.1 Å². The maximum atomic E-state index is 11.5. The maximum absolute atomic E-state index is 11.5. The smallest absolute Gasteiger partial charge is 0.188 e. The number of carbonyl (C=O) groups excluding carboxylic acids is 1. The molecule has 0 amide bonds. The topological polar surface area (TPSA) is 106 Å². The van der Waals surface area contributed by atoms with Crippen LogP contribution in [0.5, 0.6) is 0 Å². The second kappa shape index (κ2) is 6.86. The van der Waals surface area contributed by atoms with Gasteiger partial charge in [-0.3, -0.25) is 4.79 Å². The summed E-state index contributed by atoms with van der Waals surface area (Å²) in [6.07, 6.45) is 1.42. The number of aromatic nitrogens is 3. The number of ketones is 1. The van der Waals surface area contributed by atoms with Crippen LogP contribution in [0.2, 0.25) is 0 Å². The van der Waals surface area contributed by atoms with E-state index in [4.69, 9.17) is 5.73 Å². The van der Waals surface area contributed by atoms with Gasteiger partial charge in [-0.15, -0.1) is 11.3 Å². The number of hydrogen-bond acceptors (Lipinski definition) is 8. The summed E-state index contributed by atoms with van der Waals surface area (Å²) in [6.45, 7) is 5.49. The molecular weight excluding hydrogens is 336 g/mol. The molecule has 0 spiro atoms. The summed E-state index contributed by atoms with van der Waals surface area (Å²) in [4.78, 5) is 25.4. The zero-order valence-electron chi connectivity index (χ0n) is 14.1. The number of nitrogens with zero attached hydrogens (tertiary/aromatic N) is 3. The van der Waals surface area contributed by atoms with Crippen molar-refractivity contribution in [2.45, 2.75) is 20.8 Å². The van der Waals surface area contributed by atoms with Crippen LogP contribution in [0.15, 0.2) is 30.6 Å². The third-order valence-corrected chi connectivity index (χ3v) is 4.66. The van der Waals surface area contributed by atoms with Crippen LogP contribution in [0.1, 0.15) is 27.9 Å². The highest BCUT2D eigenvalue weighted by Gasteiger charge is 2.12. The minimum Gasteiger partial charge on any atom is -0.393 e. The third kappa shape index (κ3) is 3.74. The number of benzene rings is 1. The van der Waals surface area contributed by atoms with Crippen molar-refractivity contribution in [3.63, 3.8) is 0 Å². The second-order valence-corrected chi connectivity index (χ2v) is 6.74. The maximum Gasteiger partial charge on any atom is 0.188 e. The van der Waals surface area contributed by atoms with Crippen molar-refractivity contribution in [1.29, 1.82) is 0 Å². The number of aryl methyl sites for hydroxylation is 2. The molecule has 8 heteroatoms. The first kappa shape index (κ1) is 16.8. The van der Waals surface area contributed by atoms with Gasteiger partial charge in [-0.25, -0.2) is 15.0 Å². The van der Waals surface area contributed by atoms with E-state index in [1.54, 1.807) is 18.2 Å². The normalized spacial score (nSPS) is 10.5. The molecule has 25 heavy (non-hydrogen) atoms. The number of thiazole rings is 1. The van der Waals surface area contributed by atoms with E-state index in [0.29, 0.717) is 22.9 Å². The fraction of sp³-hybridized carbons (Fsp3) is 0.176. The molecule has 0 radical (unpaired) electrons. The van der Waals surface area contributed by atoms with Gasteiger partial charge in [0.05, 0.1) is 5.69 Å². The Balaban J connectivity index is 1.86. The third-order valence-electron chi connectivity index (χ3n) is 3.67. The molecule has 2 aromatic heterocycles. The molecule has 0 saturated heterocycles. The molecule has 3 rings (SSSR count). The molecule has 0 atom stereocenters. The molecular formula is C17H18N6OS. The molecule has 1 aromatic carbocycles. The van der Waals surface area contributed by atoms with Crippen LogP contribution in [-0.2, 0) is 0 Å². The van der Waals surface area contributed by atoms with E-state index in [9.17, 15) is 4.79 Å². The Kier molecular flexibility index (Phi) is 4.62. The fourth-order valence-corrected chi connectivity index (χ4v) is 2.99. The summed E-state index contributed by atoms with van der Waals surface area (Å²) in [5.41, 5.74) is 8.87. The molecule has 0 aliphatic rings. The molecule has 3 aromatic rings. The van der Waals surface area contributed by atoms with Gasteiger partial charge in [-0.2, -0.15) is 0 Å². The molecule has 0 saturated carbocycles. The predicted octanol–water partition coefficient (Wildman–Crippen LogP) is 3.82. The Hall–Kier alpha value is -3.00. The van der Waals surface area contributed by atoms with Crippen LogP contribution in [0, 0.1) is 13.8 Å². The van der Waals surface area contributed by atoms with Crippen molar-refractivity contribution in [3.05, 3.63) is 46.7 Å². The van der Waals surface area contributed by atoms with Crippen molar-refractivity contribution in [2.24, 2.45) is 0 Å². The van der Waals surface area contributed by atoms with Gasteiger partial charge in [0.25, 0.3) is 0 Å². The van der Waals surface area contributed by atoms with Gasteiger partial charge in [0.2, 0.25) is 0 Å². The highest BCUT2D eigenvalue weighted by molar-refractivity contribution is 7.15. The Bertz CT molecular complexity index is 917. The summed E-state index contributed by atoms with van der Waals surface area (Å²) in [5, 5.41) is 6.98. The highest BCUT2D eigenvalue weighted by Crippen LogP contribution is 2.30. The lowest BCUT2D eigenvalue weighted by atomic mass is 10.1. The number of anilines is 5. The molecule has 0 aliphatic carbocycles. The Morgan fingerprint density at radius 3 is 2.52 bits per heavy atom. The van der Waals surface area contributed by atoms with Gasteiger partial charge in [-0.1, -0.05) is 12.1 Å². The number of rotatable bonds is 5. The minimum atomic E-state index is -0.00354. The molecule has 0 unspecified atom stereocenters. The minimum absolute atomic E-state index is 0.00354. The Morgan fingerprint density at radius 1 is 1.16 bits per heavy atom. The molecule has 4 N–H and O–H groups in total. The van der Waals surface area contributed by atoms with E-state index < -0.39 is 0 Å². The van der Waals surface area contributed by atoms with Crippen molar-refractivity contribution in [2.75, 3.05) is 16.4 Å². The van der Waals surface area contributed by atoms with E-state index in [0.717, 1.165) is 21.4 Å². The standard InChI is InChI=1S/C17H18N6OS/c1-9-11(3)25-17(21-9)23-16-14(18)15(19-8-20-16)22-13-6-4-5-12(7-13)10(2)24/h4-8H,18H2,1-3H3,(H2,19,20,21,22,23). The summed E-state index contributed by atoms with van der Waals surface area (Å²) in [6, 6.07) is 7.16. The molecule has 2 heterocycles. The van der Waals surface area contributed by atoms with Gasteiger partial charge >= 0.3 is 0 Å². The quantitative estimate of drug-likeness (QED) is 0.598. The SMILES string of the molecule is CC(=O)c1cccc(Nc2ncnc(Nc3nc(C)c(C)s3)c2N)c1. The van der Waals surface area contributed by atoms with Gasteiger partial charge in [-0.05, 0) is 32.9 Å². The summed E-state index contributed by atoms with van der Waals surface area (Å²) in [7, 11) is 0. The number of hydrogen-bond donors (Lipinski definition) is 3. The van der Waals surface area contributed by atoms with Crippen molar-refractivity contribution in [1.82, 2.24) is 15.0 Å². The van der Waals surface area contributed by atoms with Crippen molar-refractivity contribution < 1.29 is 4.79 Å². The first-order chi connectivity index (χ1) is 11.9. The zero-order chi connectivity index (χ0) is 18.0. The van der Waals surface area contributed by atoms with Crippen molar-refractivity contribution >= 4 is 45.3 Å². The molecule has 0 fully saturated rings. The average molecular weight is 354 g/mol. The van der Waals surface area contributed by atoms with Crippen LogP contribution < -0.4 is 16.4 Å². The summed E-state index contributed by atoms with van der Waals surface area (Å²) >= 11 is 1.54. The van der Waals surface area contributed by atoms with Crippen LogP contribution in [0.25, 0.3) is 0 Å². The Morgan fingerprint density at radius 2 is 1.88 bits per heavy atom. The van der Waals surface area contributed by atoms with Crippen molar-refractivity contribution in [3.8, 4) is 0 Å². The lowest BCUT2D eigenvalue weighted by Crippen LogP contribution is -2.05. The van der Waals surface area contributed by atoms with E-state index >= 15 is 0 Å². The van der Waals surface area contributed by atoms with Crippen LogP contribution >= 0.6 is 11.3 Å². The second-order valence-electron chi connectivity index (χ2n) is 5.53. The monoisotopic (exact) mass is 354 g/mol. The number of nitrogen functional groups attached to an aromatic ring is 1. The first-order valence-corrected chi connectivity index (χ1v) is 8.45. The van der Waals surface area contributed by atoms with E-state index in [1.807, 2.05) is 19.9 Å². The van der Waals surface area contributed by atoms with Crippen LogP contribution in [0.3, 0.4) is 0 Å². The number of Topliss-reactive ketones (excluding diaryl/α,β-unsaturated/α-hetero) is 1. The van der Waals surface area contributed by atoms with E-state index in [-0.39, 0.29) is 5.78 Å². The van der Waals surface area contributed by atoms with E-state index in [1.165, 1.54) is 24.6 Å². The van der Waals surface area contributed by atoms with Gasteiger partial charge in [0, 0.05) is 16.1 Å². The largest absolute Gasteiger partial charge is 0.393 e. The first-order valence-electron chi connectivity index (χ1n) is 7.63. The van der Waals surface area contributed by atoms with Gasteiger partial charge in [0.15, 0.2) is 22.6 Å². The molecule has 7 nitrogen and oxygen atoms in total. The number of carbonyl (C=O) groups is 1. The lowest BCUT2D eigenvalue weighted by Gasteiger charge is -2.11. The molecule has 128 valence electrons. The number of nitrogens with two attached hydrogens (primary N) is 1. The predicted molar refractivity (Wildman–Crippen MR) is 101 cm³/mol. The van der Waals surface area contributed by atoms with Gasteiger partial charge in [0.1, 0.15) is 12.0 Å². The summed E-state index contributed by atoms with van der Waals surface area (Å²) < 4.78 is 0. The molecule has 0 bridgehead atoms. The molecule has 0 aliphatic heterocycles. The lowest BCUT2D eigenvalue weighted by molar-refractivity contribution is 0.101. The fourth-order valence-electron chi connectivity index (χ4n) is 2.17. The summed E-state index contributed by atoms with van der Waals surface area (Å²) in [5.74, 6) is 0.938. The average Bonchev–Trinajstić information content (AvgIpc) is 2.89. The van der Waals surface area contributed by atoms with Gasteiger partial charge < -0.3 is 16.4 Å². The van der Waals surface area contributed by atoms with E-state index in [2.05, 4.69) is 25.6 Å².